The molecule has 1 aliphatic carbocycles. The van der Waals surface area contributed by atoms with Crippen LogP contribution in [0.4, 0.5) is 4.79 Å². The zero-order valence-electron chi connectivity index (χ0n) is 11.7. The maximum Gasteiger partial charge on any atom is 0.329 e. The average molecular weight is 302 g/mol. The van der Waals surface area contributed by atoms with Gasteiger partial charge in [-0.2, -0.15) is 11.8 Å². The fourth-order valence-electron chi connectivity index (χ4n) is 2.91. The van der Waals surface area contributed by atoms with Crippen LogP contribution in [-0.4, -0.2) is 53.4 Å². The maximum atomic E-state index is 12.1. The monoisotopic (exact) mass is 302 g/mol. The Hall–Kier alpha value is -0.950. The molecule has 1 aliphatic heterocycles. The summed E-state index contributed by atoms with van der Waals surface area (Å²) in [7, 11) is 0. The van der Waals surface area contributed by atoms with Crippen molar-refractivity contribution in [3.63, 3.8) is 0 Å². The largest absolute Gasteiger partial charge is 0.480 e. The SMILES string of the molecule is CSC1CCCC1NC(=O)NC1(C(=O)O)CCOCC1. The number of carboxylic acid groups (broad SMARTS) is 1. The summed E-state index contributed by atoms with van der Waals surface area (Å²) in [5, 5.41) is 15.4. The second kappa shape index (κ2) is 6.67. The number of carboxylic acids is 1. The van der Waals surface area contributed by atoms with Gasteiger partial charge in [-0.05, 0) is 19.1 Å². The number of aliphatic carboxylic acids is 1. The minimum atomic E-state index is -1.18. The summed E-state index contributed by atoms with van der Waals surface area (Å²) >= 11 is 1.76. The molecular weight excluding hydrogens is 280 g/mol. The van der Waals surface area contributed by atoms with Gasteiger partial charge in [-0.25, -0.2) is 9.59 Å². The number of hydrogen-bond acceptors (Lipinski definition) is 4. The predicted octanol–water partition coefficient (Wildman–Crippen LogP) is 1.20. The standard InChI is InChI=1S/C13H22N2O4S/c1-20-10-4-2-3-9(10)14-12(18)15-13(11(16)17)5-7-19-8-6-13/h9-10H,2-8H2,1H3,(H,16,17)(H2,14,15,18). The quantitative estimate of drug-likeness (QED) is 0.726. The number of carbonyl (C=O) groups is 2. The van der Waals surface area contributed by atoms with Crippen molar-refractivity contribution in [2.45, 2.75) is 48.9 Å². The molecule has 2 fully saturated rings. The molecule has 0 bridgehead atoms. The van der Waals surface area contributed by atoms with E-state index in [2.05, 4.69) is 10.6 Å². The van der Waals surface area contributed by atoms with Crippen LogP contribution in [0.25, 0.3) is 0 Å². The Labute approximate surface area is 123 Å². The zero-order valence-corrected chi connectivity index (χ0v) is 12.5. The van der Waals surface area contributed by atoms with Crippen molar-refractivity contribution in [3.8, 4) is 0 Å². The van der Waals surface area contributed by atoms with Crippen LogP contribution in [0.3, 0.4) is 0 Å². The van der Waals surface area contributed by atoms with Gasteiger partial charge in [0.15, 0.2) is 0 Å². The van der Waals surface area contributed by atoms with Crippen molar-refractivity contribution in [2.24, 2.45) is 0 Å². The first-order chi connectivity index (χ1) is 9.57. The second-order valence-corrected chi connectivity index (χ2v) is 6.49. The number of ether oxygens (including phenoxy) is 1. The molecule has 0 aromatic heterocycles. The summed E-state index contributed by atoms with van der Waals surface area (Å²) in [5.74, 6) is -0.983. The third kappa shape index (κ3) is 3.38. The van der Waals surface area contributed by atoms with Gasteiger partial charge in [-0.3, -0.25) is 0 Å². The van der Waals surface area contributed by atoms with Crippen LogP contribution in [0, 0.1) is 0 Å². The minimum absolute atomic E-state index is 0.135. The van der Waals surface area contributed by atoms with Crippen LogP contribution < -0.4 is 10.6 Å². The Morgan fingerprint density at radius 1 is 1.30 bits per heavy atom. The van der Waals surface area contributed by atoms with Crippen LogP contribution in [-0.2, 0) is 9.53 Å². The molecule has 1 heterocycles. The molecule has 6 nitrogen and oxygen atoms in total. The predicted molar refractivity (Wildman–Crippen MR) is 77.0 cm³/mol. The molecule has 0 aromatic rings. The van der Waals surface area contributed by atoms with Crippen molar-refractivity contribution in [1.82, 2.24) is 10.6 Å². The van der Waals surface area contributed by atoms with Crippen molar-refractivity contribution in [3.05, 3.63) is 0 Å². The molecular formula is C13H22N2O4S. The molecule has 2 rings (SSSR count). The van der Waals surface area contributed by atoms with Crippen LogP contribution in [0.1, 0.15) is 32.1 Å². The number of rotatable bonds is 4. The Balaban J connectivity index is 1.93. The molecule has 2 aliphatic rings. The van der Waals surface area contributed by atoms with E-state index < -0.39 is 11.5 Å². The third-order valence-corrected chi connectivity index (χ3v) is 5.35. The van der Waals surface area contributed by atoms with Crippen LogP contribution in [0.5, 0.6) is 0 Å². The van der Waals surface area contributed by atoms with Gasteiger partial charge in [0.1, 0.15) is 5.54 Å². The second-order valence-electron chi connectivity index (χ2n) is 5.41. The van der Waals surface area contributed by atoms with E-state index in [1.807, 2.05) is 6.26 Å². The van der Waals surface area contributed by atoms with Gasteiger partial charge in [0.25, 0.3) is 0 Å². The van der Waals surface area contributed by atoms with Crippen molar-refractivity contribution >= 4 is 23.8 Å². The molecule has 2 atom stereocenters. The van der Waals surface area contributed by atoms with E-state index in [4.69, 9.17) is 4.74 Å². The molecule has 0 radical (unpaired) electrons. The first kappa shape index (κ1) is 15.4. The van der Waals surface area contributed by atoms with Gasteiger partial charge in [-0.1, -0.05) is 6.42 Å². The van der Waals surface area contributed by atoms with Gasteiger partial charge in [0.05, 0.1) is 0 Å². The lowest BCUT2D eigenvalue weighted by Crippen LogP contribution is -2.61. The van der Waals surface area contributed by atoms with Gasteiger partial charge in [0, 0.05) is 37.3 Å². The highest BCUT2D eigenvalue weighted by Crippen LogP contribution is 2.28. The normalized spacial score (nSPS) is 28.9. The molecule has 114 valence electrons. The first-order valence-electron chi connectivity index (χ1n) is 7.00. The van der Waals surface area contributed by atoms with Gasteiger partial charge in [0.2, 0.25) is 0 Å². The van der Waals surface area contributed by atoms with E-state index in [9.17, 15) is 14.7 Å². The number of carbonyl (C=O) groups excluding carboxylic acids is 1. The highest BCUT2D eigenvalue weighted by Gasteiger charge is 2.42. The summed E-state index contributed by atoms with van der Waals surface area (Å²) in [6.07, 6.45) is 5.83. The van der Waals surface area contributed by atoms with Crippen molar-refractivity contribution in [1.29, 1.82) is 0 Å². The molecule has 0 spiro atoms. The van der Waals surface area contributed by atoms with E-state index in [0.717, 1.165) is 19.3 Å². The molecule has 2 amide bonds. The zero-order chi connectivity index (χ0) is 14.6. The van der Waals surface area contributed by atoms with Crippen LogP contribution >= 0.6 is 11.8 Å². The fourth-order valence-corrected chi connectivity index (χ4v) is 3.84. The highest BCUT2D eigenvalue weighted by atomic mass is 32.2. The van der Waals surface area contributed by atoms with Crippen molar-refractivity contribution in [2.75, 3.05) is 19.5 Å². The molecule has 2 unspecified atom stereocenters. The lowest BCUT2D eigenvalue weighted by Gasteiger charge is -2.34. The fraction of sp³-hybridized carbons (Fsp3) is 0.846. The van der Waals surface area contributed by atoms with E-state index in [1.54, 1.807) is 11.8 Å². The topological polar surface area (TPSA) is 87.7 Å². The first-order valence-corrected chi connectivity index (χ1v) is 8.29. The van der Waals surface area contributed by atoms with Crippen LogP contribution in [0.2, 0.25) is 0 Å². The number of nitrogens with one attached hydrogen (secondary N) is 2. The number of hydrogen-bond donors (Lipinski definition) is 3. The summed E-state index contributed by atoms with van der Waals surface area (Å²) in [4.78, 5) is 23.6. The maximum absolute atomic E-state index is 12.1. The van der Waals surface area contributed by atoms with Crippen LogP contribution in [0.15, 0.2) is 0 Å². The summed E-state index contributed by atoms with van der Waals surface area (Å²) in [6.45, 7) is 0.729. The molecule has 1 saturated heterocycles. The van der Waals surface area contributed by atoms with Crippen molar-refractivity contribution < 1.29 is 19.4 Å². The Bertz CT molecular complexity index is 371. The number of thioether (sulfide) groups is 1. The molecule has 20 heavy (non-hydrogen) atoms. The Morgan fingerprint density at radius 3 is 2.60 bits per heavy atom. The number of urea groups is 1. The van der Waals surface area contributed by atoms with Gasteiger partial charge >= 0.3 is 12.0 Å². The third-order valence-electron chi connectivity index (χ3n) is 4.18. The molecule has 1 saturated carbocycles. The van der Waals surface area contributed by atoms with E-state index in [-0.39, 0.29) is 12.1 Å². The van der Waals surface area contributed by atoms with E-state index in [0.29, 0.717) is 31.3 Å². The highest BCUT2D eigenvalue weighted by molar-refractivity contribution is 7.99. The Kier molecular flexibility index (Phi) is 5.15. The summed E-state index contributed by atoms with van der Waals surface area (Å²) in [6, 6.07) is -0.240. The Morgan fingerprint density at radius 2 is 2.00 bits per heavy atom. The minimum Gasteiger partial charge on any atom is -0.480 e. The molecule has 0 aromatic carbocycles. The van der Waals surface area contributed by atoms with E-state index in [1.165, 1.54) is 0 Å². The summed E-state index contributed by atoms with van der Waals surface area (Å²) < 4.78 is 5.19. The molecule has 3 N–H and O–H groups in total. The van der Waals surface area contributed by atoms with Gasteiger partial charge in [-0.15, -0.1) is 0 Å². The lowest BCUT2D eigenvalue weighted by atomic mass is 9.90. The lowest BCUT2D eigenvalue weighted by molar-refractivity contribution is -0.148. The average Bonchev–Trinajstić information content (AvgIpc) is 2.86. The smallest absolute Gasteiger partial charge is 0.329 e. The molecule has 7 heteroatoms. The van der Waals surface area contributed by atoms with Gasteiger partial charge < -0.3 is 20.5 Å². The van der Waals surface area contributed by atoms with E-state index >= 15 is 0 Å². The summed E-state index contributed by atoms with van der Waals surface area (Å²) in [5.41, 5.74) is -1.18. The number of amides is 2.